The van der Waals surface area contributed by atoms with E-state index in [4.69, 9.17) is 10.5 Å². The van der Waals surface area contributed by atoms with Gasteiger partial charge < -0.3 is 20.1 Å². The number of alkyl halides is 3. The third kappa shape index (κ3) is 3.56. The number of hydrogen-bond acceptors (Lipinski definition) is 7. The zero-order valence-electron chi connectivity index (χ0n) is 18.4. The van der Waals surface area contributed by atoms with Crippen molar-refractivity contribution in [3.05, 3.63) is 53.7 Å². The molecule has 2 N–H and O–H groups in total. The van der Waals surface area contributed by atoms with E-state index in [1.165, 1.54) is 24.4 Å². The van der Waals surface area contributed by atoms with Gasteiger partial charge in [0.2, 0.25) is 0 Å². The van der Waals surface area contributed by atoms with Gasteiger partial charge in [0.25, 0.3) is 5.91 Å². The molecule has 3 aromatic heterocycles. The number of halogens is 3. The summed E-state index contributed by atoms with van der Waals surface area (Å²) < 4.78 is 49.7. The Labute approximate surface area is 196 Å². The number of amides is 1. The van der Waals surface area contributed by atoms with Crippen molar-refractivity contribution in [2.45, 2.75) is 38.3 Å². The lowest BCUT2D eigenvalue weighted by molar-refractivity contribution is -0.274. The predicted octanol–water partition coefficient (Wildman–Crippen LogP) is 3.81. The number of rotatable bonds is 2. The standard InChI is InChI=1S/C23H19F3N6O3/c1-11-28-10-19-21(27)30-16-9-29-15(8-18(16)32(11)19)22(33)31-5-4-12-6-17(31)14-3-2-13(7-20(14)34-12)35-23(24,25)26/h2-3,7-10,12,17H,4-6H2,1H3,(H2,27,30)/t12-,17+/m0/s1. The number of pyridine rings is 1. The van der Waals surface area contributed by atoms with Gasteiger partial charge in [-0.05, 0) is 25.1 Å². The maximum absolute atomic E-state index is 13.6. The first-order valence-electron chi connectivity index (χ1n) is 10.9. The van der Waals surface area contributed by atoms with Crippen LogP contribution >= 0.6 is 0 Å². The average Bonchev–Trinajstić information content (AvgIpc) is 3.20. The van der Waals surface area contributed by atoms with E-state index in [9.17, 15) is 18.0 Å². The molecule has 2 atom stereocenters. The Hall–Kier alpha value is -4.09. The molecule has 4 aromatic rings. The maximum atomic E-state index is 13.6. The van der Waals surface area contributed by atoms with Gasteiger partial charge in [0.1, 0.15) is 46.0 Å². The van der Waals surface area contributed by atoms with Crippen LogP contribution in [-0.4, -0.2) is 49.2 Å². The Morgan fingerprint density at radius 3 is 2.83 bits per heavy atom. The van der Waals surface area contributed by atoms with Crippen LogP contribution in [0.2, 0.25) is 0 Å². The van der Waals surface area contributed by atoms with Crippen LogP contribution in [0.4, 0.5) is 19.0 Å². The number of nitrogens with two attached hydrogens (primary N) is 1. The molecule has 2 bridgehead atoms. The van der Waals surface area contributed by atoms with Crippen LogP contribution in [0.15, 0.2) is 36.7 Å². The highest BCUT2D eigenvalue weighted by atomic mass is 19.4. The summed E-state index contributed by atoms with van der Waals surface area (Å²) in [5.41, 5.74) is 8.71. The van der Waals surface area contributed by atoms with Crippen LogP contribution in [0.3, 0.4) is 0 Å². The second kappa shape index (κ2) is 7.45. The highest BCUT2D eigenvalue weighted by Gasteiger charge is 2.40. The third-order valence-corrected chi connectivity index (χ3v) is 6.45. The number of nitrogen functional groups attached to an aromatic ring is 1. The number of fused-ring (bicyclic) bond motifs is 7. The number of likely N-dealkylation sites (tertiary alicyclic amines) is 1. The van der Waals surface area contributed by atoms with E-state index in [0.717, 1.165) is 0 Å². The van der Waals surface area contributed by atoms with Gasteiger partial charge in [0.15, 0.2) is 0 Å². The molecule has 2 aliphatic heterocycles. The number of aromatic nitrogens is 4. The summed E-state index contributed by atoms with van der Waals surface area (Å²) in [6, 6.07) is 5.27. The second-order valence-corrected chi connectivity index (χ2v) is 8.61. The third-order valence-electron chi connectivity index (χ3n) is 6.45. The number of hydrogen-bond donors (Lipinski definition) is 1. The number of nitrogens with zero attached hydrogens (tertiary/aromatic N) is 5. The van der Waals surface area contributed by atoms with Crippen LogP contribution in [0.5, 0.6) is 11.5 Å². The number of anilines is 1. The van der Waals surface area contributed by atoms with E-state index in [1.54, 1.807) is 17.2 Å². The number of aryl methyl sites for hydroxylation is 1. The number of piperidine rings is 1. The minimum atomic E-state index is -4.80. The van der Waals surface area contributed by atoms with Crippen molar-refractivity contribution in [1.82, 2.24) is 24.3 Å². The van der Waals surface area contributed by atoms with Crippen LogP contribution < -0.4 is 15.2 Å². The molecule has 35 heavy (non-hydrogen) atoms. The van der Waals surface area contributed by atoms with Gasteiger partial charge in [-0.3, -0.25) is 9.20 Å². The average molecular weight is 484 g/mol. The normalized spacial score (nSPS) is 19.5. The molecule has 0 unspecified atom stereocenters. The Balaban J connectivity index is 1.37. The van der Waals surface area contributed by atoms with E-state index >= 15 is 0 Å². The van der Waals surface area contributed by atoms with Gasteiger partial charge in [0, 0.05) is 31.0 Å². The topological polar surface area (TPSA) is 108 Å². The fourth-order valence-corrected chi connectivity index (χ4v) is 4.93. The fraction of sp³-hybridized carbons (Fsp3) is 0.304. The molecule has 9 nitrogen and oxygen atoms in total. The molecule has 2 aliphatic rings. The first kappa shape index (κ1) is 21.4. The summed E-state index contributed by atoms with van der Waals surface area (Å²) >= 11 is 0. The molecule has 12 heteroatoms. The molecule has 0 radical (unpaired) electrons. The fourth-order valence-electron chi connectivity index (χ4n) is 4.93. The highest BCUT2D eigenvalue weighted by molar-refractivity contribution is 5.96. The lowest BCUT2D eigenvalue weighted by Crippen LogP contribution is -2.46. The molecule has 5 heterocycles. The maximum Gasteiger partial charge on any atom is 0.573 e. The molecule has 6 rings (SSSR count). The molecule has 1 aromatic carbocycles. The van der Waals surface area contributed by atoms with Gasteiger partial charge >= 0.3 is 6.36 Å². The van der Waals surface area contributed by atoms with E-state index in [0.29, 0.717) is 53.1 Å². The minimum Gasteiger partial charge on any atom is -0.490 e. The summed E-state index contributed by atoms with van der Waals surface area (Å²) in [6.45, 7) is 2.25. The molecular formula is C23H19F3N6O3. The van der Waals surface area contributed by atoms with Gasteiger partial charge in [-0.15, -0.1) is 13.2 Å². The first-order chi connectivity index (χ1) is 16.7. The van der Waals surface area contributed by atoms with Gasteiger partial charge in [0.05, 0.1) is 24.0 Å². The monoisotopic (exact) mass is 484 g/mol. The lowest BCUT2D eigenvalue weighted by atomic mass is 9.89. The zero-order valence-corrected chi connectivity index (χ0v) is 18.4. The van der Waals surface area contributed by atoms with E-state index < -0.39 is 6.36 Å². The van der Waals surface area contributed by atoms with Crippen molar-refractivity contribution < 1.29 is 27.4 Å². The van der Waals surface area contributed by atoms with Crippen LogP contribution in [0.25, 0.3) is 16.6 Å². The number of imidazole rings is 1. The first-order valence-corrected chi connectivity index (χ1v) is 10.9. The van der Waals surface area contributed by atoms with Crippen LogP contribution in [0, 0.1) is 6.92 Å². The smallest absolute Gasteiger partial charge is 0.490 e. The summed E-state index contributed by atoms with van der Waals surface area (Å²) in [6.07, 6.45) is -0.802. The van der Waals surface area contributed by atoms with Crippen molar-refractivity contribution in [2.24, 2.45) is 0 Å². The zero-order chi connectivity index (χ0) is 24.5. The molecule has 180 valence electrons. The van der Waals surface area contributed by atoms with Gasteiger partial charge in [-0.25, -0.2) is 15.0 Å². The quantitative estimate of drug-likeness (QED) is 0.461. The molecule has 1 saturated heterocycles. The highest BCUT2D eigenvalue weighted by Crippen LogP contribution is 2.44. The summed E-state index contributed by atoms with van der Waals surface area (Å²) in [5, 5.41) is 0. The summed E-state index contributed by atoms with van der Waals surface area (Å²) in [5.74, 6) is 0.638. The van der Waals surface area contributed by atoms with Crippen molar-refractivity contribution in [3.8, 4) is 11.5 Å². The molecule has 0 aliphatic carbocycles. The second-order valence-electron chi connectivity index (χ2n) is 8.61. The molecule has 0 saturated carbocycles. The molecule has 1 amide bonds. The van der Waals surface area contributed by atoms with E-state index in [-0.39, 0.29) is 35.2 Å². The van der Waals surface area contributed by atoms with Gasteiger partial charge in [-0.2, -0.15) is 0 Å². The van der Waals surface area contributed by atoms with Crippen molar-refractivity contribution in [1.29, 1.82) is 0 Å². The summed E-state index contributed by atoms with van der Waals surface area (Å²) in [7, 11) is 0. The van der Waals surface area contributed by atoms with E-state index in [1.807, 2.05) is 11.3 Å². The minimum absolute atomic E-state index is 0.206. The Bertz CT molecular complexity index is 1500. The summed E-state index contributed by atoms with van der Waals surface area (Å²) in [4.78, 5) is 28.3. The lowest BCUT2D eigenvalue weighted by Gasteiger charge is -2.43. The van der Waals surface area contributed by atoms with Crippen LogP contribution in [-0.2, 0) is 0 Å². The molecule has 1 fully saturated rings. The van der Waals surface area contributed by atoms with E-state index in [2.05, 4.69) is 19.7 Å². The Kier molecular flexibility index (Phi) is 4.57. The van der Waals surface area contributed by atoms with Crippen molar-refractivity contribution in [2.75, 3.05) is 12.3 Å². The largest absolute Gasteiger partial charge is 0.573 e. The van der Waals surface area contributed by atoms with Gasteiger partial charge in [-0.1, -0.05) is 0 Å². The Morgan fingerprint density at radius 1 is 1.20 bits per heavy atom. The Morgan fingerprint density at radius 2 is 2.03 bits per heavy atom. The predicted molar refractivity (Wildman–Crippen MR) is 118 cm³/mol. The number of carbonyl (C=O) groups is 1. The number of benzene rings is 1. The molecular weight excluding hydrogens is 465 g/mol. The molecule has 0 spiro atoms. The number of carbonyl (C=O) groups excluding carboxylic acids is 1. The van der Waals surface area contributed by atoms with Crippen molar-refractivity contribution >= 4 is 28.3 Å². The van der Waals surface area contributed by atoms with Crippen molar-refractivity contribution in [3.63, 3.8) is 0 Å². The van der Waals surface area contributed by atoms with Crippen LogP contribution in [0.1, 0.15) is 40.8 Å². The SMILES string of the molecule is Cc1ncc2c(N)nc3cnc(C(=O)N4CC[C@H]5C[C@@H]4c4ccc(OC(F)(F)F)cc4O5)cc3n12. The number of ether oxygens (including phenoxy) is 2.